The maximum absolute atomic E-state index is 6.20. The second kappa shape index (κ2) is 8.86. The van der Waals surface area contributed by atoms with Crippen LogP contribution in [0.25, 0.3) is 10.9 Å². The Morgan fingerprint density at radius 2 is 2.03 bits per heavy atom. The molecule has 2 saturated heterocycles. The highest BCUT2D eigenvalue weighted by Crippen LogP contribution is 2.29. The molecular formula is C25H29N3OS. The quantitative estimate of drug-likeness (QED) is 0.621. The van der Waals surface area contributed by atoms with Crippen LogP contribution in [0.3, 0.4) is 0 Å². The SMILES string of the molecule is Cc1cc(N2CCC[C@@H]2COc2ccc(CC3CNCS3)cc2)nc2ccccc12. The van der Waals surface area contributed by atoms with Crippen molar-refractivity contribution in [1.82, 2.24) is 10.3 Å². The van der Waals surface area contributed by atoms with Crippen LogP contribution < -0.4 is 15.0 Å². The summed E-state index contributed by atoms with van der Waals surface area (Å²) in [6.45, 7) is 5.04. The number of thioether (sulfide) groups is 1. The van der Waals surface area contributed by atoms with Gasteiger partial charge in [0.15, 0.2) is 0 Å². The largest absolute Gasteiger partial charge is 0.491 e. The second-order valence-corrected chi connectivity index (χ2v) is 9.64. The number of nitrogens with zero attached hydrogens (tertiary/aromatic N) is 2. The van der Waals surface area contributed by atoms with E-state index in [1.165, 1.54) is 22.9 Å². The van der Waals surface area contributed by atoms with Crippen molar-refractivity contribution in [2.45, 2.75) is 37.5 Å². The first-order valence-electron chi connectivity index (χ1n) is 10.9. The summed E-state index contributed by atoms with van der Waals surface area (Å²) < 4.78 is 6.20. The summed E-state index contributed by atoms with van der Waals surface area (Å²) in [7, 11) is 0. The van der Waals surface area contributed by atoms with E-state index in [1.54, 1.807) is 0 Å². The van der Waals surface area contributed by atoms with Crippen molar-refractivity contribution in [2.75, 3.05) is 30.5 Å². The third kappa shape index (κ3) is 4.28. The van der Waals surface area contributed by atoms with E-state index >= 15 is 0 Å². The van der Waals surface area contributed by atoms with Crippen molar-refractivity contribution >= 4 is 28.5 Å². The Hall–Kier alpha value is -2.24. The zero-order chi connectivity index (χ0) is 20.3. The van der Waals surface area contributed by atoms with Gasteiger partial charge in [-0.2, -0.15) is 0 Å². The van der Waals surface area contributed by atoms with Crippen LogP contribution in [0.15, 0.2) is 54.6 Å². The Morgan fingerprint density at radius 1 is 1.17 bits per heavy atom. The monoisotopic (exact) mass is 419 g/mol. The molecule has 1 N–H and O–H groups in total. The molecule has 0 aliphatic carbocycles. The Kier molecular flexibility index (Phi) is 5.82. The number of aryl methyl sites for hydroxylation is 1. The molecule has 2 aliphatic heterocycles. The molecule has 4 nitrogen and oxygen atoms in total. The summed E-state index contributed by atoms with van der Waals surface area (Å²) in [5.41, 5.74) is 3.75. The minimum atomic E-state index is 0.374. The van der Waals surface area contributed by atoms with Gasteiger partial charge in [0.2, 0.25) is 0 Å². The van der Waals surface area contributed by atoms with Gasteiger partial charge < -0.3 is 15.0 Å². The summed E-state index contributed by atoms with van der Waals surface area (Å²) in [6, 6.07) is 19.7. The smallest absolute Gasteiger partial charge is 0.129 e. The van der Waals surface area contributed by atoms with E-state index in [0.717, 1.165) is 48.9 Å². The Labute approximate surface area is 183 Å². The predicted octanol–water partition coefficient (Wildman–Crippen LogP) is 4.80. The fourth-order valence-corrected chi connectivity index (χ4v) is 5.57. The fraction of sp³-hybridized carbons (Fsp3) is 0.400. The molecule has 0 spiro atoms. The predicted molar refractivity (Wildman–Crippen MR) is 127 cm³/mol. The molecule has 2 fully saturated rings. The summed E-state index contributed by atoms with van der Waals surface area (Å²) in [5.74, 6) is 3.12. The molecule has 156 valence electrons. The second-order valence-electron chi connectivity index (χ2n) is 8.35. The van der Waals surface area contributed by atoms with Crippen molar-refractivity contribution in [3.63, 3.8) is 0 Å². The first kappa shape index (κ1) is 19.7. The molecule has 0 bridgehead atoms. The van der Waals surface area contributed by atoms with Gasteiger partial charge in [-0.05, 0) is 61.6 Å². The minimum Gasteiger partial charge on any atom is -0.491 e. The molecule has 5 rings (SSSR count). The number of rotatable bonds is 6. The zero-order valence-corrected chi connectivity index (χ0v) is 18.3. The fourth-order valence-electron chi connectivity index (χ4n) is 4.55. The number of nitrogens with one attached hydrogen (secondary N) is 1. The number of fused-ring (bicyclic) bond motifs is 1. The van der Waals surface area contributed by atoms with Crippen molar-refractivity contribution in [1.29, 1.82) is 0 Å². The number of hydrogen-bond acceptors (Lipinski definition) is 5. The standard InChI is InChI=1S/C25H29N3OS/c1-18-13-25(27-24-7-3-2-6-23(18)24)28-12-4-5-20(28)16-29-21-10-8-19(9-11-21)14-22-15-26-17-30-22/h2-3,6-11,13,20,22,26H,4-5,12,14-17H2,1H3/t20-,22?/m1/s1. The van der Waals surface area contributed by atoms with Gasteiger partial charge in [-0.25, -0.2) is 4.98 Å². The third-order valence-electron chi connectivity index (χ3n) is 6.20. The first-order valence-corrected chi connectivity index (χ1v) is 12.0. The molecule has 3 aromatic rings. The third-order valence-corrected chi connectivity index (χ3v) is 7.38. The molecule has 5 heteroatoms. The van der Waals surface area contributed by atoms with E-state index in [1.807, 2.05) is 11.8 Å². The number of anilines is 1. The van der Waals surface area contributed by atoms with E-state index in [-0.39, 0.29) is 0 Å². The lowest BCUT2D eigenvalue weighted by Crippen LogP contribution is -2.34. The maximum Gasteiger partial charge on any atom is 0.129 e. The van der Waals surface area contributed by atoms with Gasteiger partial charge in [-0.1, -0.05) is 30.3 Å². The number of ether oxygens (including phenoxy) is 1. The van der Waals surface area contributed by atoms with Gasteiger partial charge in [-0.3, -0.25) is 0 Å². The highest BCUT2D eigenvalue weighted by atomic mass is 32.2. The lowest BCUT2D eigenvalue weighted by Gasteiger charge is -2.26. The molecule has 2 aromatic carbocycles. The maximum atomic E-state index is 6.20. The van der Waals surface area contributed by atoms with Crippen molar-refractivity contribution in [3.05, 3.63) is 65.7 Å². The van der Waals surface area contributed by atoms with Crippen LogP contribution in [0.5, 0.6) is 5.75 Å². The lowest BCUT2D eigenvalue weighted by molar-refractivity contribution is 0.288. The van der Waals surface area contributed by atoms with Crippen LogP contribution >= 0.6 is 11.8 Å². The molecule has 0 amide bonds. The van der Waals surface area contributed by atoms with E-state index in [2.05, 4.69) is 71.7 Å². The average Bonchev–Trinajstić information content (AvgIpc) is 3.45. The van der Waals surface area contributed by atoms with Gasteiger partial charge in [-0.15, -0.1) is 11.8 Å². The van der Waals surface area contributed by atoms with E-state index in [0.29, 0.717) is 17.9 Å². The number of hydrogen-bond donors (Lipinski definition) is 1. The van der Waals surface area contributed by atoms with Crippen LogP contribution in [-0.4, -0.2) is 41.8 Å². The first-order chi connectivity index (χ1) is 14.8. The Morgan fingerprint density at radius 3 is 2.87 bits per heavy atom. The highest BCUT2D eigenvalue weighted by Gasteiger charge is 2.27. The molecule has 0 saturated carbocycles. The van der Waals surface area contributed by atoms with Gasteiger partial charge in [0.25, 0.3) is 0 Å². The molecule has 2 aliphatic rings. The van der Waals surface area contributed by atoms with Crippen molar-refractivity contribution < 1.29 is 4.74 Å². The van der Waals surface area contributed by atoms with Gasteiger partial charge >= 0.3 is 0 Å². The van der Waals surface area contributed by atoms with Crippen molar-refractivity contribution in [3.8, 4) is 5.75 Å². The Balaban J connectivity index is 1.24. The number of aromatic nitrogens is 1. The number of benzene rings is 2. The summed E-state index contributed by atoms with van der Waals surface area (Å²) in [5, 5.41) is 5.35. The highest BCUT2D eigenvalue weighted by molar-refractivity contribution is 8.00. The van der Waals surface area contributed by atoms with E-state index < -0.39 is 0 Å². The summed E-state index contributed by atoms with van der Waals surface area (Å²) in [6.07, 6.45) is 3.46. The molecule has 3 heterocycles. The van der Waals surface area contributed by atoms with Gasteiger partial charge in [0, 0.05) is 29.6 Å². The molecule has 2 atom stereocenters. The normalized spacial score (nSPS) is 21.4. The molecule has 1 aromatic heterocycles. The van der Waals surface area contributed by atoms with Gasteiger partial charge in [0.05, 0.1) is 11.6 Å². The van der Waals surface area contributed by atoms with E-state index in [9.17, 15) is 0 Å². The van der Waals surface area contributed by atoms with Crippen LogP contribution in [0.2, 0.25) is 0 Å². The molecule has 0 radical (unpaired) electrons. The summed E-state index contributed by atoms with van der Waals surface area (Å²) >= 11 is 2.01. The Bertz CT molecular complexity index is 1000. The molecular weight excluding hydrogens is 390 g/mol. The summed E-state index contributed by atoms with van der Waals surface area (Å²) in [4.78, 5) is 7.38. The van der Waals surface area contributed by atoms with Crippen LogP contribution in [0, 0.1) is 6.92 Å². The lowest BCUT2D eigenvalue weighted by atomic mass is 10.1. The minimum absolute atomic E-state index is 0.374. The zero-order valence-electron chi connectivity index (χ0n) is 17.5. The van der Waals surface area contributed by atoms with Crippen LogP contribution in [0.1, 0.15) is 24.0 Å². The average molecular weight is 420 g/mol. The molecule has 30 heavy (non-hydrogen) atoms. The van der Waals surface area contributed by atoms with Gasteiger partial charge in [0.1, 0.15) is 18.2 Å². The molecule has 1 unspecified atom stereocenters. The van der Waals surface area contributed by atoms with Crippen molar-refractivity contribution in [2.24, 2.45) is 0 Å². The van der Waals surface area contributed by atoms with Crippen LogP contribution in [-0.2, 0) is 6.42 Å². The topological polar surface area (TPSA) is 37.4 Å². The number of pyridine rings is 1. The number of para-hydroxylation sites is 1. The van der Waals surface area contributed by atoms with Crippen LogP contribution in [0.4, 0.5) is 5.82 Å². The van der Waals surface area contributed by atoms with E-state index in [4.69, 9.17) is 9.72 Å².